The van der Waals surface area contributed by atoms with Crippen LogP contribution in [0.2, 0.25) is 0 Å². The van der Waals surface area contributed by atoms with Crippen molar-refractivity contribution >= 4 is 17.5 Å². The van der Waals surface area contributed by atoms with Crippen LogP contribution in [0.4, 0.5) is 0 Å². The number of ether oxygens (including phenoxy) is 1. The lowest BCUT2D eigenvalue weighted by Gasteiger charge is -2.73. The lowest BCUT2D eigenvalue weighted by atomic mass is 9.30. The molecule has 34 heavy (non-hydrogen) atoms. The highest BCUT2D eigenvalue weighted by Gasteiger charge is 2.83. The van der Waals surface area contributed by atoms with Gasteiger partial charge in [-0.15, -0.1) is 0 Å². The maximum atomic E-state index is 14.1. The van der Waals surface area contributed by atoms with Gasteiger partial charge in [0, 0.05) is 29.6 Å². The first-order valence-electron chi connectivity index (χ1n) is 13.9. The van der Waals surface area contributed by atoms with Gasteiger partial charge < -0.3 is 4.74 Å². The summed E-state index contributed by atoms with van der Waals surface area (Å²) in [7, 11) is 0. The molecule has 0 aromatic rings. The van der Waals surface area contributed by atoms with E-state index in [0.29, 0.717) is 36.9 Å². The van der Waals surface area contributed by atoms with Gasteiger partial charge in [0.05, 0.1) is 0 Å². The number of rotatable bonds is 0. The van der Waals surface area contributed by atoms with Crippen molar-refractivity contribution in [2.75, 3.05) is 0 Å². The lowest BCUT2D eigenvalue weighted by Crippen LogP contribution is -2.73. The number of ketones is 2. The van der Waals surface area contributed by atoms with Crippen molar-refractivity contribution in [3.8, 4) is 0 Å². The molecular formula is C30H44O4. The van der Waals surface area contributed by atoms with Crippen LogP contribution < -0.4 is 0 Å². The van der Waals surface area contributed by atoms with Crippen LogP contribution in [0.3, 0.4) is 0 Å². The Morgan fingerprint density at radius 2 is 1.41 bits per heavy atom. The van der Waals surface area contributed by atoms with Crippen LogP contribution in [0.25, 0.3) is 0 Å². The SMILES string of the molecule is CC1(C)CC[C@@]23C(=O)C[C@]4(C)[C@@](CC[C@@H]5[C@@]6(C)CCC(=O)C(C)(C)[C@@H]6CC[C@]54C)(OC2=O)[C@@H]3C1. The summed E-state index contributed by atoms with van der Waals surface area (Å²) < 4.78 is 6.61. The maximum Gasteiger partial charge on any atom is 0.320 e. The number of hydrogen-bond donors (Lipinski definition) is 0. The number of hydrogen-bond acceptors (Lipinski definition) is 4. The van der Waals surface area contributed by atoms with Crippen molar-refractivity contribution in [1.82, 2.24) is 0 Å². The van der Waals surface area contributed by atoms with E-state index in [9.17, 15) is 14.4 Å². The quantitative estimate of drug-likeness (QED) is 0.309. The summed E-state index contributed by atoms with van der Waals surface area (Å²) in [5.41, 5.74) is -1.92. The zero-order chi connectivity index (χ0) is 24.7. The highest BCUT2D eigenvalue weighted by atomic mass is 16.6. The summed E-state index contributed by atoms with van der Waals surface area (Å²) in [6.07, 6.45) is 8.54. The second kappa shape index (κ2) is 6.20. The molecule has 4 heteroatoms. The molecule has 5 saturated carbocycles. The topological polar surface area (TPSA) is 60.4 Å². The van der Waals surface area contributed by atoms with Gasteiger partial charge in [-0.2, -0.15) is 0 Å². The normalized spacial score (nSPS) is 54.9. The van der Waals surface area contributed by atoms with Gasteiger partial charge in [0.25, 0.3) is 0 Å². The molecule has 5 aliphatic carbocycles. The van der Waals surface area contributed by atoms with Crippen molar-refractivity contribution in [3.05, 3.63) is 0 Å². The van der Waals surface area contributed by atoms with Gasteiger partial charge in [-0.05, 0) is 79.4 Å². The van der Waals surface area contributed by atoms with Crippen molar-refractivity contribution < 1.29 is 19.1 Å². The minimum absolute atomic E-state index is 0.00943. The molecule has 1 aliphatic heterocycles. The van der Waals surface area contributed by atoms with Crippen molar-refractivity contribution in [3.63, 3.8) is 0 Å². The van der Waals surface area contributed by atoms with Crippen molar-refractivity contribution in [1.29, 1.82) is 0 Å². The predicted molar refractivity (Wildman–Crippen MR) is 130 cm³/mol. The predicted octanol–water partition coefficient (Wildman–Crippen LogP) is 6.30. The molecule has 6 fully saturated rings. The molecule has 6 aliphatic rings. The van der Waals surface area contributed by atoms with Crippen LogP contribution in [0, 0.1) is 50.2 Å². The molecule has 1 heterocycles. The molecule has 188 valence electrons. The molecule has 4 nitrogen and oxygen atoms in total. The number of fused-ring (bicyclic) bond motifs is 4. The molecule has 1 spiro atoms. The number of carbonyl (C=O) groups excluding carboxylic acids is 3. The average Bonchev–Trinajstić information content (AvgIpc) is 2.93. The Hall–Kier alpha value is -1.19. The molecule has 0 aromatic heterocycles. The van der Waals surface area contributed by atoms with E-state index in [1.54, 1.807) is 0 Å². The summed E-state index contributed by atoms with van der Waals surface area (Å²) in [5, 5.41) is 0. The van der Waals surface area contributed by atoms with Crippen LogP contribution in [-0.2, 0) is 19.1 Å². The van der Waals surface area contributed by atoms with Crippen LogP contribution in [0.1, 0.15) is 113 Å². The largest absolute Gasteiger partial charge is 0.457 e. The van der Waals surface area contributed by atoms with Crippen LogP contribution in [0.15, 0.2) is 0 Å². The van der Waals surface area contributed by atoms with Crippen molar-refractivity contribution in [2.45, 2.75) is 118 Å². The van der Waals surface area contributed by atoms with Gasteiger partial charge in [0.2, 0.25) is 0 Å². The molecule has 0 amide bonds. The second-order valence-corrected chi connectivity index (χ2v) is 15.4. The van der Waals surface area contributed by atoms with Gasteiger partial charge in [-0.25, -0.2) is 0 Å². The molecule has 0 N–H and O–H groups in total. The van der Waals surface area contributed by atoms with E-state index in [0.717, 1.165) is 44.9 Å². The Bertz CT molecular complexity index is 1010. The van der Waals surface area contributed by atoms with Gasteiger partial charge >= 0.3 is 5.97 Å². The van der Waals surface area contributed by atoms with E-state index in [1.807, 2.05) is 0 Å². The Morgan fingerprint density at radius 1 is 0.735 bits per heavy atom. The summed E-state index contributed by atoms with van der Waals surface area (Å²) in [5.74, 6) is 1.22. The van der Waals surface area contributed by atoms with Gasteiger partial charge in [0.15, 0.2) is 5.78 Å². The molecule has 0 aromatic carbocycles. The molecule has 0 unspecified atom stereocenters. The van der Waals surface area contributed by atoms with E-state index < -0.39 is 11.0 Å². The zero-order valence-corrected chi connectivity index (χ0v) is 22.4. The molecule has 8 atom stereocenters. The smallest absolute Gasteiger partial charge is 0.320 e. The Labute approximate surface area is 205 Å². The van der Waals surface area contributed by atoms with E-state index in [4.69, 9.17) is 4.74 Å². The third-order valence-corrected chi connectivity index (χ3v) is 13.6. The summed E-state index contributed by atoms with van der Waals surface area (Å²) >= 11 is 0. The third kappa shape index (κ3) is 2.23. The minimum Gasteiger partial charge on any atom is -0.457 e. The van der Waals surface area contributed by atoms with E-state index in [-0.39, 0.29) is 44.7 Å². The average molecular weight is 469 g/mol. The Morgan fingerprint density at radius 3 is 2.12 bits per heavy atom. The van der Waals surface area contributed by atoms with Gasteiger partial charge in [-0.3, -0.25) is 14.4 Å². The molecule has 6 rings (SSSR count). The number of carbonyl (C=O) groups is 3. The van der Waals surface area contributed by atoms with Crippen LogP contribution in [-0.4, -0.2) is 23.1 Å². The zero-order valence-electron chi connectivity index (χ0n) is 22.4. The fourth-order valence-electron chi connectivity index (χ4n) is 11.5. The third-order valence-electron chi connectivity index (χ3n) is 13.6. The van der Waals surface area contributed by atoms with E-state index in [2.05, 4.69) is 48.5 Å². The molecule has 1 saturated heterocycles. The van der Waals surface area contributed by atoms with E-state index in [1.165, 1.54) is 0 Å². The first-order valence-corrected chi connectivity index (χ1v) is 13.9. The van der Waals surface area contributed by atoms with Crippen LogP contribution in [0.5, 0.6) is 0 Å². The first-order chi connectivity index (χ1) is 15.6. The molecular weight excluding hydrogens is 424 g/mol. The summed E-state index contributed by atoms with van der Waals surface area (Å²) in [4.78, 5) is 40.6. The Kier molecular flexibility index (Phi) is 4.23. The lowest BCUT2D eigenvalue weighted by molar-refractivity contribution is -0.273. The minimum atomic E-state index is -0.890. The maximum absolute atomic E-state index is 14.1. The van der Waals surface area contributed by atoms with E-state index >= 15 is 0 Å². The summed E-state index contributed by atoms with van der Waals surface area (Å²) in [6, 6.07) is 0. The highest BCUT2D eigenvalue weighted by Crippen LogP contribution is 2.80. The monoisotopic (exact) mass is 468 g/mol. The fraction of sp³-hybridized carbons (Fsp3) is 0.900. The molecule has 0 radical (unpaired) electrons. The molecule has 2 bridgehead atoms. The number of Topliss-reactive ketones (excluding diaryl/α,β-unsaturated/α-hetero) is 2. The summed E-state index contributed by atoms with van der Waals surface area (Å²) in [6.45, 7) is 16.2. The van der Waals surface area contributed by atoms with Crippen LogP contribution >= 0.6 is 0 Å². The number of esters is 1. The Balaban J connectivity index is 1.49. The van der Waals surface area contributed by atoms with Gasteiger partial charge in [-0.1, -0.05) is 48.5 Å². The highest BCUT2D eigenvalue weighted by molar-refractivity contribution is 6.08. The first kappa shape index (κ1) is 23.2. The second-order valence-electron chi connectivity index (χ2n) is 15.4. The fourth-order valence-corrected chi connectivity index (χ4v) is 11.5. The van der Waals surface area contributed by atoms with Gasteiger partial charge in [0.1, 0.15) is 16.8 Å². The standard InChI is InChI=1S/C30H44O4/c1-24(2)14-15-29-20(16-24)30(34-23(29)33)13-9-19-26(5)11-10-21(31)25(3,4)18(26)8-12-27(19,6)28(30,7)17-22(29)32/h18-20H,8-17H2,1-7H3/t18-,19+,20+,26-,27+,28-,29+,30-/m0/s1. The van der Waals surface area contributed by atoms with Crippen molar-refractivity contribution in [2.24, 2.45) is 50.2 Å².